The van der Waals surface area contributed by atoms with Gasteiger partial charge in [0.25, 0.3) is 0 Å². The Morgan fingerprint density at radius 2 is 1.58 bits per heavy atom. The van der Waals surface area contributed by atoms with Crippen molar-refractivity contribution in [2.45, 2.75) is 33.8 Å². The molecule has 2 aromatic rings. The molecule has 1 heterocycles. The molecule has 0 unspecified atom stereocenters. The first-order chi connectivity index (χ1) is 8.97. The number of ether oxygens (including phenoxy) is 1. The van der Waals surface area contributed by atoms with Gasteiger partial charge in [-0.05, 0) is 52.0 Å². The molecule has 0 radical (unpaired) electrons. The fraction of sp³-hybridized carbons (Fsp3) is 0.333. The first-order valence-electron chi connectivity index (χ1n) is 6.25. The van der Waals surface area contributed by atoms with E-state index >= 15 is 0 Å². The molecule has 0 N–H and O–H groups in total. The lowest BCUT2D eigenvalue weighted by atomic mass is 10.1. The van der Waals surface area contributed by atoms with Crippen LogP contribution in [0, 0.1) is 13.8 Å². The Hall–Kier alpha value is -1.61. The first kappa shape index (κ1) is 13.8. The van der Waals surface area contributed by atoms with E-state index in [1.165, 1.54) is 0 Å². The van der Waals surface area contributed by atoms with Gasteiger partial charge < -0.3 is 4.74 Å². The van der Waals surface area contributed by atoms with Crippen LogP contribution in [0.5, 0.6) is 5.75 Å². The minimum atomic E-state index is 0.163. The topological polar surface area (TPSA) is 35.0 Å². The van der Waals surface area contributed by atoms with Crippen molar-refractivity contribution in [3.05, 3.63) is 40.8 Å². The molecule has 19 heavy (non-hydrogen) atoms. The molecule has 0 atom stereocenters. The average Bonchev–Trinajstić information content (AvgIpc) is 2.34. The Labute approximate surface area is 118 Å². The van der Waals surface area contributed by atoms with E-state index in [0.29, 0.717) is 10.8 Å². The van der Waals surface area contributed by atoms with Gasteiger partial charge in [0.2, 0.25) is 0 Å². The van der Waals surface area contributed by atoms with Crippen molar-refractivity contribution in [1.82, 2.24) is 9.97 Å². The van der Waals surface area contributed by atoms with Gasteiger partial charge in [0.15, 0.2) is 5.15 Å². The Morgan fingerprint density at radius 1 is 1.00 bits per heavy atom. The van der Waals surface area contributed by atoms with Crippen molar-refractivity contribution < 1.29 is 4.74 Å². The van der Waals surface area contributed by atoms with Gasteiger partial charge in [0.05, 0.1) is 17.5 Å². The van der Waals surface area contributed by atoms with E-state index in [1.54, 1.807) is 0 Å². The number of nitrogens with zero attached hydrogens (tertiary/aromatic N) is 2. The molecule has 0 aliphatic carbocycles. The molecule has 0 spiro atoms. The highest BCUT2D eigenvalue weighted by Gasteiger charge is 2.09. The fourth-order valence-corrected chi connectivity index (χ4v) is 2.00. The van der Waals surface area contributed by atoms with E-state index in [0.717, 1.165) is 22.7 Å². The molecule has 0 aliphatic heterocycles. The van der Waals surface area contributed by atoms with Crippen molar-refractivity contribution in [3.8, 4) is 17.0 Å². The second kappa shape index (κ2) is 5.57. The largest absolute Gasteiger partial charge is 0.491 e. The smallest absolute Gasteiger partial charge is 0.155 e. The van der Waals surface area contributed by atoms with E-state index in [-0.39, 0.29) is 6.10 Å². The summed E-state index contributed by atoms with van der Waals surface area (Å²) in [4.78, 5) is 8.79. The highest BCUT2D eigenvalue weighted by atomic mass is 35.5. The molecule has 0 saturated heterocycles. The second-order valence-corrected chi connectivity index (χ2v) is 5.08. The molecule has 0 fully saturated rings. The van der Waals surface area contributed by atoms with E-state index in [2.05, 4.69) is 9.97 Å². The van der Waals surface area contributed by atoms with Crippen molar-refractivity contribution in [3.63, 3.8) is 0 Å². The van der Waals surface area contributed by atoms with E-state index in [4.69, 9.17) is 16.3 Å². The van der Waals surface area contributed by atoms with E-state index in [9.17, 15) is 0 Å². The molecule has 0 amide bonds. The molecule has 1 aromatic carbocycles. The van der Waals surface area contributed by atoms with Crippen molar-refractivity contribution in [2.75, 3.05) is 0 Å². The third kappa shape index (κ3) is 3.24. The molecule has 0 aliphatic rings. The van der Waals surface area contributed by atoms with Crippen LogP contribution in [0.25, 0.3) is 11.3 Å². The molecular formula is C15H17ClN2O. The Morgan fingerprint density at radius 3 is 2.16 bits per heavy atom. The van der Waals surface area contributed by atoms with Crippen molar-refractivity contribution >= 4 is 11.6 Å². The lowest BCUT2D eigenvalue weighted by Gasteiger charge is -2.11. The summed E-state index contributed by atoms with van der Waals surface area (Å²) in [7, 11) is 0. The van der Waals surface area contributed by atoms with Crippen molar-refractivity contribution in [2.24, 2.45) is 0 Å². The van der Waals surface area contributed by atoms with Crippen LogP contribution in [-0.4, -0.2) is 16.1 Å². The maximum Gasteiger partial charge on any atom is 0.155 e. The number of hydrogen-bond donors (Lipinski definition) is 0. The van der Waals surface area contributed by atoms with Gasteiger partial charge in [-0.1, -0.05) is 11.6 Å². The third-order valence-corrected chi connectivity index (χ3v) is 3.03. The zero-order chi connectivity index (χ0) is 14.0. The first-order valence-corrected chi connectivity index (χ1v) is 6.63. The van der Waals surface area contributed by atoms with Gasteiger partial charge in [-0.3, -0.25) is 0 Å². The predicted octanol–water partition coefficient (Wildman–Crippen LogP) is 4.20. The average molecular weight is 277 g/mol. The zero-order valence-corrected chi connectivity index (χ0v) is 12.3. The molecule has 3 nitrogen and oxygen atoms in total. The highest BCUT2D eigenvalue weighted by molar-refractivity contribution is 6.31. The lowest BCUT2D eigenvalue weighted by molar-refractivity contribution is 0.242. The molecule has 1 aromatic heterocycles. The molecular weight excluding hydrogens is 260 g/mol. The van der Waals surface area contributed by atoms with Gasteiger partial charge in [-0.25, -0.2) is 9.97 Å². The Balaban J connectivity index is 2.34. The number of rotatable bonds is 3. The van der Waals surface area contributed by atoms with Crippen LogP contribution in [0.1, 0.15) is 25.2 Å². The summed E-state index contributed by atoms with van der Waals surface area (Å²) in [5, 5.41) is 0.431. The quantitative estimate of drug-likeness (QED) is 0.843. The highest BCUT2D eigenvalue weighted by Crippen LogP contribution is 2.27. The maximum absolute atomic E-state index is 6.16. The SMILES string of the molecule is Cc1nc(Cl)c(-c2ccc(OC(C)C)cc2)nc1C. The minimum absolute atomic E-state index is 0.163. The number of hydrogen-bond acceptors (Lipinski definition) is 3. The summed E-state index contributed by atoms with van der Waals surface area (Å²) in [5.41, 5.74) is 3.40. The summed E-state index contributed by atoms with van der Waals surface area (Å²) in [6, 6.07) is 7.73. The van der Waals surface area contributed by atoms with Crippen molar-refractivity contribution in [1.29, 1.82) is 0 Å². The predicted molar refractivity (Wildman–Crippen MR) is 77.7 cm³/mol. The monoisotopic (exact) mass is 276 g/mol. The zero-order valence-electron chi connectivity index (χ0n) is 11.6. The van der Waals surface area contributed by atoms with Gasteiger partial charge in [-0.15, -0.1) is 0 Å². The fourth-order valence-electron chi connectivity index (χ4n) is 1.72. The van der Waals surface area contributed by atoms with Crippen LogP contribution < -0.4 is 4.74 Å². The number of halogens is 1. The van der Waals surface area contributed by atoms with Crippen LogP contribution in [0.2, 0.25) is 5.15 Å². The van der Waals surface area contributed by atoms with E-state index < -0.39 is 0 Å². The lowest BCUT2D eigenvalue weighted by Crippen LogP contribution is -2.05. The van der Waals surface area contributed by atoms with Crippen LogP contribution in [-0.2, 0) is 0 Å². The van der Waals surface area contributed by atoms with Crippen LogP contribution in [0.4, 0.5) is 0 Å². The van der Waals surface area contributed by atoms with Gasteiger partial charge in [-0.2, -0.15) is 0 Å². The number of benzene rings is 1. The Bertz CT molecular complexity index is 579. The normalized spacial score (nSPS) is 10.8. The second-order valence-electron chi connectivity index (χ2n) is 4.72. The van der Waals surface area contributed by atoms with Gasteiger partial charge in [0.1, 0.15) is 11.4 Å². The maximum atomic E-state index is 6.16. The third-order valence-electron chi connectivity index (χ3n) is 2.76. The van der Waals surface area contributed by atoms with Crippen LogP contribution in [0.3, 0.4) is 0 Å². The number of aromatic nitrogens is 2. The van der Waals surface area contributed by atoms with Crippen LogP contribution in [0.15, 0.2) is 24.3 Å². The standard InChI is InChI=1S/C15H17ClN2O/c1-9(2)19-13-7-5-12(6-8-13)14-15(16)18-11(4)10(3)17-14/h5-9H,1-4H3. The molecule has 0 bridgehead atoms. The summed E-state index contributed by atoms with van der Waals surface area (Å²) >= 11 is 6.16. The molecule has 100 valence electrons. The summed E-state index contributed by atoms with van der Waals surface area (Å²) in [5.74, 6) is 0.840. The minimum Gasteiger partial charge on any atom is -0.491 e. The molecule has 4 heteroatoms. The summed E-state index contributed by atoms with van der Waals surface area (Å²) < 4.78 is 5.61. The number of aryl methyl sites for hydroxylation is 2. The van der Waals surface area contributed by atoms with E-state index in [1.807, 2.05) is 52.0 Å². The molecule has 2 rings (SSSR count). The Kier molecular flexibility index (Phi) is 4.05. The van der Waals surface area contributed by atoms with Gasteiger partial charge >= 0.3 is 0 Å². The van der Waals surface area contributed by atoms with Crippen LogP contribution >= 0.6 is 11.6 Å². The summed E-state index contributed by atoms with van der Waals surface area (Å²) in [6.07, 6.45) is 0.163. The van der Waals surface area contributed by atoms with Gasteiger partial charge in [0, 0.05) is 5.56 Å². The summed E-state index contributed by atoms with van der Waals surface area (Å²) in [6.45, 7) is 7.83. The molecule has 0 saturated carbocycles.